The maximum atomic E-state index is 13.8. The number of alkyl halides is 3. The molecule has 5 heterocycles. The summed E-state index contributed by atoms with van der Waals surface area (Å²) in [6.07, 6.45) is -14.9. The van der Waals surface area contributed by atoms with Crippen molar-refractivity contribution >= 4 is 56.4 Å². The minimum absolute atomic E-state index is 0.0243. The lowest BCUT2D eigenvalue weighted by molar-refractivity contribution is -0.173. The zero-order valence-corrected chi connectivity index (χ0v) is 35.6. The van der Waals surface area contributed by atoms with Crippen LogP contribution in [0.15, 0.2) is 29.7 Å². The summed E-state index contributed by atoms with van der Waals surface area (Å²) >= 11 is 0. The van der Waals surface area contributed by atoms with Crippen LogP contribution in [0.25, 0.3) is 11.2 Å². The molecule has 2 amide bonds. The Morgan fingerprint density at radius 3 is 2.38 bits per heavy atom. The Balaban J connectivity index is 1.36. The van der Waals surface area contributed by atoms with Gasteiger partial charge in [-0.25, -0.2) is 38.5 Å². The second-order valence-electron chi connectivity index (χ2n) is 15.1. The lowest BCUT2D eigenvalue weighted by Crippen LogP contribution is -2.47. The molecule has 2 saturated heterocycles. The molecule has 3 aromatic rings. The molecule has 0 bridgehead atoms. The van der Waals surface area contributed by atoms with E-state index in [-0.39, 0.29) is 42.1 Å². The zero-order chi connectivity index (χ0) is 47.4. The van der Waals surface area contributed by atoms with Gasteiger partial charge < -0.3 is 60.8 Å². The number of alkyl carbamates (subject to hydrolysis) is 1. The molecule has 32 heteroatoms. The Bertz CT molecular complexity index is 2310. The number of nitrogen functional groups attached to an aromatic ring is 2. The first-order chi connectivity index (χ1) is 29.7. The number of fused-ring (bicyclic) bond motifs is 1. The van der Waals surface area contributed by atoms with Crippen LogP contribution in [0.5, 0.6) is 0 Å². The molecule has 3 aromatic heterocycles. The predicted octanol–water partition coefficient (Wildman–Crippen LogP) is 0.0588. The van der Waals surface area contributed by atoms with Crippen LogP contribution in [0.4, 0.5) is 29.6 Å². The molecular formula is C32H45F3N10O17P2. The Morgan fingerprint density at radius 1 is 1.02 bits per heavy atom. The van der Waals surface area contributed by atoms with Gasteiger partial charge in [-0.2, -0.15) is 18.2 Å². The van der Waals surface area contributed by atoms with Gasteiger partial charge in [0.2, 0.25) is 0 Å². The van der Waals surface area contributed by atoms with Crippen LogP contribution >= 0.6 is 15.6 Å². The van der Waals surface area contributed by atoms with Crippen LogP contribution in [0.2, 0.25) is 0 Å². The van der Waals surface area contributed by atoms with E-state index >= 15 is 0 Å². The van der Waals surface area contributed by atoms with Crippen molar-refractivity contribution in [3.05, 3.63) is 35.4 Å². The summed E-state index contributed by atoms with van der Waals surface area (Å²) in [5, 5.41) is 15.6. The van der Waals surface area contributed by atoms with Crippen molar-refractivity contribution in [3.8, 4) is 0 Å². The van der Waals surface area contributed by atoms with Gasteiger partial charge in [0.05, 0.1) is 19.5 Å². The van der Waals surface area contributed by atoms with Crippen molar-refractivity contribution < 1.29 is 89.0 Å². The third kappa shape index (κ3) is 13.6. The van der Waals surface area contributed by atoms with Crippen molar-refractivity contribution in [2.75, 3.05) is 31.2 Å². The summed E-state index contributed by atoms with van der Waals surface area (Å²) < 4.78 is 103. The highest BCUT2D eigenvalue weighted by molar-refractivity contribution is 7.47. The lowest BCUT2D eigenvalue weighted by atomic mass is 10.1. The molecule has 27 nitrogen and oxygen atoms in total. The van der Waals surface area contributed by atoms with E-state index in [1.54, 1.807) is 5.32 Å². The SMILES string of the molecule is CC(C)(C)OC(=O)NC(CCCCNC(=O)C(F)(F)F)C(=O)O[C@H]1[C@@H](O)[C@H](n2cnc3c(N)ncnc32)O[C@@H]1COP(=O)(O)O[C@H]1C[C@H](n2ccc(N)nc2=O)O[C@@H]1COP(=O)(O)O. The number of imidazole rings is 1. The van der Waals surface area contributed by atoms with E-state index < -0.39 is 126 Å². The Hall–Kier alpha value is -4.87. The van der Waals surface area contributed by atoms with Gasteiger partial charge in [-0.05, 0) is 46.1 Å². The van der Waals surface area contributed by atoms with Gasteiger partial charge in [0, 0.05) is 19.2 Å². The number of phosphoric acid groups is 2. The monoisotopic (exact) mass is 960 g/mol. The molecule has 10 N–H and O–H groups in total. The van der Waals surface area contributed by atoms with Crippen LogP contribution < -0.4 is 27.8 Å². The minimum atomic E-state index is -5.32. The second-order valence-corrected chi connectivity index (χ2v) is 17.7. The lowest BCUT2D eigenvalue weighted by Gasteiger charge is -2.26. The van der Waals surface area contributed by atoms with Gasteiger partial charge in [-0.1, -0.05) is 0 Å². The van der Waals surface area contributed by atoms with Crippen LogP contribution in [0.1, 0.15) is 58.9 Å². The summed E-state index contributed by atoms with van der Waals surface area (Å²) in [6.45, 7) is 2.20. The number of nitrogens with one attached hydrogen (secondary N) is 2. The van der Waals surface area contributed by atoms with Crippen LogP contribution in [-0.4, -0.2) is 135 Å². The number of hydrogen-bond donors (Lipinski definition) is 8. The largest absolute Gasteiger partial charge is 0.472 e. The Kier molecular flexibility index (Phi) is 15.8. The fourth-order valence-electron chi connectivity index (χ4n) is 6.29. The number of esters is 1. The number of aromatic nitrogens is 6. The first-order valence-corrected chi connectivity index (χ1v) is 21.9. The van der Waals surface area contributed by atoms with E-state index in [4.69, 9.17) is 39.5 Å². The number of carbonyl (C=O) groups excluding carboxylic acids is 3. The van der Waals surface area contributed by atoms with Crippen molar-refractivity contribution in [2.24, 2.45) is 0 Å². The normalized spacial score (nSPS) is 24.2. The van der Waals surface area contributed by atoms with Gasteiger partial charge in [0.1, 0.15) is 59.9 Å². The predicted molar refractivity (Wildman–Crippen MR) is 206 cm³/mol. The van der Waals surface area contributed by atoms with E-state index in [2.05, 4.69) is 29.8 Å². The van der Waals surface area contributed by atoms with Crippen molar-refractivity contribution in [1.82, 2.24) is 39.7 Å². The quantitative estimate of drug-likeness (QED) is 0.0474. The molecular weight excluding hydrogens is 915 g/mol. The number of anilines is 2. The number of ether oxygens (including phenoxy) is 4. The van der Waals surface area contributed by atoms with Crippen LogP contribution in [-0.2, 0) is 51.2 Å². The third-order valence-corrected chi connectivity index (χ3v) is 10.6. The fourth-order valence-corrected chi connectivity index (χ4v) is 7.59. The molecule has 0 radical (unpaired) electrons. The molecule has 0 spiro atoms. The first-order valence-electron chi connectivity index (χ1n) is 18.9. The summed E-state index contributed by atoms with van der Waals surface area (Å²) in [5.74, 6) is -3.64. The summed E-state index contributed by atoms with van der Waals surface area (Å²) in [6, 6.07) is -0.359. The summed E-state index contributed by atoms with van der Waals surface area (Å²) in [5.41, 5.74) is 9.58. The topological polar surface area (TPSA) is 385 Å². The number of aliphatic hydroxyl groups is 1. The molecule has 64 heavy (non-hydrogen) atoms. The van der Waals surface area contributed by atoms with E-state index in [1.807, 2.05) is 0 Å². The highest BCUT2D eigenvalue weighted by atomic mass is 31.2. The maximum absolute atomic E-state index is 13.8. The number of aliphatic hydroxyl groups excluding tert-OH is 1. The van der Waals surface area contributed by atoms with E-state index in [0.717, 1.165) is 17.2 Å². The summed E-state index contributed by atoms with van der Waals surface area (Å²) in [4.78, 5) is 95.4. The van der Waals surface area contributed by atoms with Crippen LogP contribution in [0.3, 0.4) is 0 Å². The number of carbonyl (C=O) groups is 3. The van der Waals surface area contributed by atoms with Gasteiger partial charge in [-0.3, -0.25) is 27.5 Å². The molecule has 2 aliphatic heterocycles. The highest BCUT2D eigenvalue weighted by Gasteiger charge is 2.50. The number of halogens is 3. The number of hydrogen-bond acceptors (Lipinski definition) is 20. The molecule has 5 rings (SSSR count). The molecule has 0 aromatic carbocycles. The van der Waals surface area contributed by atoms with Gasteiger partial charge in [0.25, 0.3) is 0 Å². The average Bonchev–Trinajstić information content (AvgIpc) is 3.86. The molecule has 356 valence electrons. The Labute approximate surface area is 358 Å². The number of nitrogens with two attached hydrogens (primary N) is 2. The number of rotatable bonds is 18. The second kappa shape index (κ2) is 20.1. The number of nitrogens with zero attached hydrogens (tertiary/aromatic N) is 6. The summed E-state index contributed by atoms with van der Waals surface area (Å²) in [7, 11) is -10.4. The van der Waals surface area contributed by atoms with Crippen molar-refractivity contribution in [2.45, 2.75) is 107 Å². The standard InChI is InChI=1S/C32H45F3N10O17P2/c1-31(2,3)61-30(50)42-15(6-4-5-8-38-28(48)32(33,34)35)27(47)60-23-18(59-26(22(23)46)45-14-41-21-24(37)39-13-40-25(21)45)12-57-64(54,55)62-16-10-20(44-9-7-19(36)43-29(44)49)58-17(16)11-56-63(51,52)53/h7,9,13-18,20,22-23,26,46H,4-6,8,10-12H2,1-3H3,(H,38,48)(H,42,50)(H,54,55)(H2,36,43,49)(H2,37,39,40)(H2,51,52,53)/t15?,16-,17+,18+,20+,22+,23+,26+/m0/s1. The number of unbranched alkanes of at least 4 members (excludes halogenated alkanes) is 1. The smallest absolute Gasteiger partial charge is 0.455 e. The zero-order valence-electron chi connectivity index (χ0n) is 33.8. The number of phosphoric ester groups is 2. The van der Waals surface area contributed by atoms with Crippen molar-refractivity contribution in [1.29, 1.82) is 0 Å². The maximum Gasteiger partial charge on any atom is 0.472 e. The first kappa shape index (κ1) is 50.1. The van der Waals surface area contributed by atoms with E-state index in [9.17, 15) is 61.3 Å². The molecule has 0 saturated carbocycles. The number of amides is 2. The van der Waals surface area contributed by atoms with E-state index in [1.165, 1.54) is 37.6 Å². The average molecular weight is 961 g/mol. The third-order valence-electron chi connectivity index (χ3n) is 9.08. The van der Waals surface area contributed by atoms with Crippen LogP contribution in [0, 0.1) is 0 Å². The molecule has 2 unspecified atom stereocenters. The molecule has 2 aliphatic rings. The molecule has 2 fully saturated rings. The van der Waals surface area contributed by atoms with Gasteiger partial charge >= 0.3 is 45.5 Å². The van der Waals surface area contributed by atoms with E-state index in [0.29, 0.717) is 0 Å². The van der Waals surface area contributed by atoms with Crippen molar-refractivity contribution in [3.63, 3.8) is 0 Å². The fraction of sp³-hybridized carbons (Fsp3) is 0.625. The molecule has 9 atom stereocenters. The Morgan fingerprint density at radius 2 is 1.72 bits per heavy atom. The van der Waals surface area contributed by atoms with Gasteiger partial charge in [-0.15, -0.1) is 0 Å². The molecule has 0 aliphatic carbocycles. The minimum Gasteiger partial charge on any atom is -0.455 e. The highest BCUT2D eigenvalue weighted by Crippen LogP contribution is 2.50. The van der Waals surface area contributed by atoms with Gasteiger partial charge in [0.15, 0.2) is 23.8 Å².